The number of amides is 3. The van der Waals surface area contributed by atoms with Crippen LogP contribution in [0.2, 0.25) is 0 Å². The van der Waals surface area contributed by atoms with Crippen LogP contribution in [0.15, 0.2) is 36.4 Å². The van der Waals surface area contributed by atoms with Crippen molar-refractivity contribution in [3.05, 3.63) is 36.4 Å². The molecule has 13 heteroatoms. The third kappa shape index (κ3) is 6.05. The number of nitrogens with one attached hydrogen (secondary N) is 2. The van der Waals surface area contributed by atoms with Crippen LogP contribution < -0.4 is 19.7 Å². The zero-order valence-corrected chi connectivity index (χ0v) is 27.0. The monoisotopic (exact) mass is 650 g/mol. The summed E-state index contributed by atoms with van der Waals surface area (Å²) in [5.74, 6) is -1.98. The Morgan fingerprint density at radius 2 is 1.76 bits per heavy atom. The van der Waals surface area contributed by atoms with E-state index in [0.29, 0.717) is 44.1 Å². The summed E-state index contributed by atoms with van der Waals surface area (Å²) in [7, 11) is -2.04. The lowest BCUT2D eigenvalue weighted by atomic mass is 9.93. The standard InChI is InChI=1S/C33H42N6O6S/c1-38-15-7-3-2-4-10-21-20-33(21,31(42)37-46(43,44)23-13-14-23)36-28(40)25-18-22(19-26(25)30(38)41)45-29-24-11-5-6-12-27(24)34-32(35-29)39-16-8-9-17-39/h4-6,10-12,21-23,25-26H,2-3,7-9,13-20H2,1H3,(H,36,40)(H,37,42)/t21-,22-,25-,26-,33-/m1/s1. The normalized spacial score (nSPS) is 30.4. The molecule has 1 aromatic carbocycles. The van der Waals surface area contributed by atoms with Crippen molar-refractivity contribution >= 4 is 44.6 Å². The number of rotatable bonds is 6. The molecule has 5 aliphatic rings. The molecule has 5 atom stereocenters. The molecule has 3 heterocycles. The number of aromatic nitrogens is 2. The molecule has 12 nitrogen and oxygen atoms in total. The summed E-state index contributed by atoms with van der Waals surface area (Å²) >= 11 is 0. The predicted octanol–water partition coefficient (Wildman–Crippen LogP) is 2.69. The fourth-order valence-electron chi connectivity index (χ4n) is 7.23. The Hall–Kier alpha value is -3.74. The van der Waals surface area contributed by atoms with E-state index < -0.39 is 50.6 Å². The second-order valence-corrected chi connectivity index (χ2v) is 15.6. The van der Waals surface area contributed by atoms with Crippen LogP contribution in [-0.2, 0) is 24.4 Å². The number of anilines is 1. The molecule has 2 aromatic rings. The maximum atomic E-state index is 14.1. The fourth-order valence-corrected chi connectivity index (χ4v) is 8.60. The lowest BCUT2D eigenvalue weighted by Gasteiger charge is -2.26. The summed E-state index contributed by atoms with van der Waals surface area (Å²) in [4.78, 5) is 54.9. The number of carbonyl (C=O) groups excluding carboxylic acids is 3. The molecule has 0 radical (unpaired) electrons. The third-order valence-electron chi connectivity index (χ3n) is 10.2. The van der Waals surface area contributed by atoms with Gasteiger partial charge in [0.15, 0.2) is 0 Å². The van der Waals surface area contributed by atoms with Gasteiger partial charge in [0.2, 0.25) is 33.7 Å². The molecule has 3 aliphatic carbocycles. The minimum atomic E-state index is -3.80. The van der Waals surface area contributed by atoms with E-state index in [-0.39, 0.29) is 18.2 Å². The number of hydrogen-bond acceptors (Lipinski definition) is 9. The van der Waals surface area contributed by atoms with Gasteiger partial charge in [-0.3, -0.25) is 19.1 Å². The first-order valence-corrected chi connectivity index (χ1v) is 18.2. The largest absolute Gasteiger partial charge is 0.474 e. The molecule has 0 bridgehead atoms. The molecule has 1 aromatic heterocycles. The molecule has 1 saturated heterocycles. The minimum Gasteiger partial charge on any atom is -0.474 e. The van der Waals surface area contributed by atoms with Gasteiger partial charge in [0, 0.05) is 32.6 Å². The van der Waals surface area contributed by atoms with Crippen LogP contribution in [-0.4, -0.2) is 84.6 Å². The van der Waals surface area contributed by atoms with E-state index in [1.807, 2.05) is 36.4 Å². The van der Waals surface area contributed by atoms with Crippen LogP contribution in [0.1, 0.15) is 64.2 Å². The molecular formula is C33H42N6O6S. The van der Waals surface area contributed by atoms with Gasteiger partial charge in [0.05, 0.1) is 28.0 Å². The molecule has 2 aliphatic heterocycles. The molecule has 0 unspecified atom stereocenters. The van der Waals surface area contributed by atoms with E-state index in [0.717, 1.165) is 56.1 Å². The van der Waals surface area contributed by atoms with Gasteiger partial charge in [0.1, 0.15) is 11.6 Å². The van der Waals surface area contributed by atoms with Crippen LogP contribution in [0, 0.1) is 17.8 Å². The lowest BCUT2D eigenvalue weighted by Crippen LogP contribution is -2.54. The molecule has 2 N–H and O–H groups in total. The Balaban J connectivity index is 1.17. The van der Waals surface area contributed by atoms with Gasteiger partial charge in [-0.15, -0.1) is 0 Å². The fraction of sp³-hybridized carbons (Fsp3) is 0.606. The number of nitrogens with zero attached hydrogens (tertiary/aromatic N) is 4. The second-order valence-electron chi connectivity index (χ2n) is 13.6. The van der Waals surface area contributed by atoms with E-state index in [1.54, 1.807) is 11.9 Å². The van der Waals surface area contributed by atoms with Crippen LogP contribution in [0.4, 0.5) is 5.95 Å². The van der Waals surface area contributed by atoms with Crippen molar-refractivity contribution in [1.29, 1.82) is 0 Å². The molecule has 246 valence electrons. The number of ether oxygens (including phenoxy) is 1. The Morgan fingerprint density at radius 3 is 2.54 bits per heavy atom. The van der Waals surface area contributed by atoms with E-state index in [9.17, 15) is 22.8 Å². The molecular weight excluding hydrogens is 608 g/mol. The Kier molecular flexibility index (Phi) is 8.14. The Labute approximate surface area is 269 Å². The first-order valence-electron chi connectivity index (χ1n) is 16.6. The van der Waals surface area contributed by atoms with Crippen molar-refractivity contribution in [2.45, 2.75) is 81.1 Å². The number of para-hydroxylation sites is 1. The number of fused-ring (bicyclic) bond motifs is 3. The number of benzene rings is 1. The van der Waals surface area contributed by atoms with Crippen molar-refractivity contribution in [3.63, 3.8) is 0 Å². The van der Waals surface area contributed by atoms with Gasteiger partial charge in [-0.05, 0) is 76.3 Å². The highest BCUT2D eigenvalue weighted by Crippen LogP contribution is 2.47. The molecule has 3 amide bonds. The highest BCUT2D eigenvalue weighted by Gasteiger charge is 2.62. The number of allylic oxidation sites excluding steroid dienone is 1. The van der Waals surface area contributed by atoms with E-state index in [4.69, 9.17) is 14.7 Å². The summed E-state index contributed by atoms with van der Waals surface area (Å²) in [6.45, 7) is 2.33. The summed E-state index contributed by atoms with van der Waals surface area (Å²) in [6, 6.07) is 7.67. The highest BCUT2D eigenvalue weighted by atomic mass is 32.2. The summed E-state index contributed by atoms with van der Waals surface area (Å²) in [6.07, 6.45) is 9.92. The summed E-state index contributed by atoms with van der Waals surface area (Å²) in [5.41, 5.74) is -0.604. The van der Waals surface area contributed by atoms with Gasteiger partial charge in [0.25, 0.3) is 5.91 Å². The molecule has 4 fully saturated rings. The van der Waals surface area contributed by atoms with Gasteiger partial charge >= 0.3 is 0 Å². The maximum Gasteiger partial charge on any atom is 0.259 e. The van der Waals surface area contributed by atoms with Crippen molar-refractivity contribution in [2.24, 2.45) is 17.8 Å². The van der Waals surface area contributed by atoms with Gasteiger partial charge in [-0.2, -0.15) is 4.98 Å². The van der Waals surface area contributed by atoms with Gasteiger partial charge in [-0.1, -0.05) is 24.3 Å². The van der Waals surface area contributed by atoms with E-state index >= 15 is 0 Å². The quantitative estimate of drug-likeness (QED) is 0.450. The molecule has 46 heavy (non-hydrogen) atoms. The van der Waals surface area contributed by atoms with Crippen molar-refractivity contribution in [1.82, 2.24) is 24.9 Å². The lowest BCUT2D eigenvalue weighted by molar-refractivity contribution is -0.140. The van der Waals surface area contributed by atoms with Crippen LogP contribution in [0.25, 0.3) is 10.9 Å². The highest BCUT2D eigenvalue weighted by molar-refractivity contribution is 7.91. The van der Waals surface area contributed by atoms with Crippen LogP contribution in [0.3, 0.4) is 0 Å². The predicted molar refractivity (Wildman–Crippen MR) is 171 cm³/mol. The van der Waals surface area contributed by atoms with Crippen molar-refractivity contribution < 1.29 is 27.5 Å². The average molecular weight is 651 g/mol. The first-order chi connectivity index (χ1) is 22.1. The number of hydrogen-bond donors (Lipinski definition) is 2. The topological polar surface area (TPSA) is 151 Å². The SMILES string of the molecule is CN1CCCCC=C[C@@H]2C[C@@]2(C(=O)NS(=O)(=O)C2CC2)NC(=O)[C@@H]2C[C@@H](Oc3nc(N4CCCC4)nc4ccccc34)C[C@H]2C1=O. The van der Waals surface area contributed by atoms with Gasteiger partial charge in [-0.25, -0.2) is 13.4 Å². The van der Waals surface area contributed by atoms with Crippen molar-refractivity contribution in [2.75, 3.05) is 31.6 Å². The third-order valence-corrected chi connectivity index (χ3v) is 12.0. The molecule has 7 rings (SSSR count). The van der Waals surface area contributed by atoms with E-state index in [1.165, 1.54) is 0 Å². The van der Waals surface area contributed by atoms with Crippen LogP contribution in [0.5, 0.6) is 5.88 Å². The maximum absolute atomic E-state index is 14.1. The van der Waals surface area contributed by atoms with Crippen molar-refractivity contribution in [3.8, 4) is 5.88 Å². The number of sulfonamides is 1. The first kappa shape index (κ1) is 30.9. The molecule has 0 spiro atoms. The smallest absolute Gasteiger partial charge is 0.259 e. The van der Waals surface area contributed by atoms with E-state index in [2.05, 4.69) is 14.9 Å². The molecule has 3 saturated carbocycles. The minimum absolute atomic E-state index is 0.133. The Bertz CT molecular complexity index is 1670. The summed E-state index contributed by atoms with van der Waals surface area (Å²) in [5, 5.41) is 3.14. The average Bonchev–Trinajstić information content (AvgIpc) is 3.90. The van der Waals surface area contributed by atoms with Gasteiger partial charge < -0.3 is 19.9 Å². The number of carbonyl (C=O) groups is 3. The second kappa shape index (κ2) is 12.1. The Morgan fingerprint density at radius 1 is 1.02 bits per heavy atom. The zero-order valence-electron chi connectivity index (χ0n) is 26.2. The zero-order chi connectivity index (χ0) is 32.1. The van der Waals surface area contributed by atoms with Crippen LogP contribution >= 0.6 is 0 Å². The summed E-state index contributed by atoms with van der Waals surface area (Å²) < 4.78 is 34.2.